The molecule has 0 saturated heterocycles. The van der Waals surface area contributed by atoms with E-state index < -0.39 is 11.5 Å². The topological polar surface area (TPSA) is 68.0 Å². The fraction of sp³-hybridized carbons (Fsp3) is 0.667. The average molecular weight is 232 g/mol. The van der Waals surface area contributed by atoms with Crippen molar-refractivity contribution in [2.24, 2.45) is 0 Å². The molecule has 15 heavy (non-hydrogen) atoms. The van der Waals surface area contributed by atoms with E-state index in [-0.39, 0.29) is 0 Å². The second-order valence-corrected chi connectivity index (χ2v) is 4.19. The van der Waals surface area contributed by atoms with Gasteiger partial charge in [-0.05, 0) is 26.7 Å². The number of alkyl halides is 1. The predicted octanol–water partition coefficient (Wildman–Crippen LogP) is 1.27. The fourth-order valence-electron chi connectivity index (χ4n) is 1.03. The van der Waals surface area contributed by atoms with Crippen LogP contribution in [0.3, 0.4) is 0 Å². The Morgan fingerprint density at radius 2 is 2.33 bits per heavy atom. The molecule has 0 saturated carbocycles. The zero-order valence-corrected chi connectivity index (χ0v) is 9.53. The lowest BCUT2D eigenvalue weighted by Crippen LogP contribution is -2.36. The number of rotatable bonds is 5. The molecule has 1 aromatic heterocycles. The minimum absolute atomic E-state index is 0.565. The molecule has 0 radical (unpaired) electrons. The van der Waals surface area contributed by atoms with Gasteiger partial charge in [-0.25, -0.2) is 9.48 Å². The maximum atomic E-state index is 10.9. The SMILES string of the molecule is CC(C)(C(=O)O)n1cc(CCCCl)nn1. The number of aromatic nitrogens is 3. The second kappa shape index (κ2) is 4.61. The minimum Gasteiger partial charge on any atom is -0.479 e. The molecule has 0 aliphatic rings. The molecule has 0 atom stereocenters. The summed E-state index contributed by atoms with van der Waals surface area (Å²) in [5.41, 5.74) is -0.295. The predicted molar refractivity (Wildman–Crippen MR) is 56.0 cm³/mol. The van der Waals surface area contributed by atoms with Crippen LogP contribution in [0.15, 0.2) is 6.20 Å². The normalized spacial score (nSPS) is 11.7. The Bertz CT molecular complexity index is 349. The molecule has 0 amide bonds. The van der Waals surface area contributed by atoms with Crippen molar-refractivity contribution in [3.8, 4) is 0 Å². The maximum absolute atomic E-state index is 10.9. The van der Waals surface area contributed by atoms with Crippen molar-refractivity contribution in [2.75, 3.05) is 5.88 Å². The van der Waals surface area contributed by atoms with Gasteiger partial charge in [-0.1, -0.05) is 5.21 Å². The van der Waals surface area contributed by atoms with E-state index in [2.05, 4.69) is 10.3 Å². The van der Waals surface area contributed by atoms with Gasteiger partial charge in [-0.2, -0.15) is 0 Å². The van der Waals surface area contributed by atoms with Crippen LogP contribution < -0.4 is 0 Å². The van der Waals surface area contributed by atoms with E-state index >= 15 is 0 Å². The first-order chi connectivity index (χ1) is 6.98. The Morgan fingerprint density at radius 1 is 1.67 bits per heavy atom. The standard InChI is InChI=1S/C9H14ClN3O2/c1-9(2,8(14)15)13-6-7(11-12-13)4-3-5-10/h6H,3-5H2,1-2H3,(H,14,15). The van der Waals surface area contributed by atoms with Crippen LogP contribution in [0.5, 0.6) is 0 Å². The first-order valence-corrected chi connectivity index (χ1v) is 5.23. The number of nitrogens with zero attached hydrogens (tertiary/aromatic N) is 3. The van der Waals surface area contributed by atoms with Crippen LogP contribution in [0.4, 0.5) is 0 Å². The summed E-state index contributed by atoms with van der Waals surface area (Å²) in [6.45, 7) is 3.16. The van der Waals surface area contributed by atoms with E-state index in [0.717, 1.165) is 18.5 Å². The number of carbonyl (C=O) groups is 1. The summed E-state index contributed by atoms with van der Waals surface area (Å²) in [6.07, 6.45) is 3.19. The molecule has 1 rings (SSSR count). The summed E-state index contributed by atoms with van der Waals surface area (Å²) in [5, 5.41) is 16.7. The smallest absolute Gasteiger partial charge is 0.331 e. The lowest BCUT2D eigenvalue weighted by Gasteiger charge is -2.18. The van der Waals surface area contributed by atoms with E-state index in [1.165, 1.54) is 4.68 Å². The number of aryl methyl sites for hydroxylation is 1. The molecule has 84 valence electrons. The third-order valence-electron chi connectivity index (χ3n) is 2.20. The molecule has 0 fully saturated rings. The van der Waals surface area contributed by atoms with E-state index in [4.69, 9.17) is 16.7 Å². The summed E-state index contributed by atoms with van der Waals surface area (Å²) < 4.78 is 1.36. The molecular weight excluding hydrogens is 218 g/mol. The van der Waals surface area contributed by atoms with Gasteiger partial charge in [0.15, 0.2) is 5.54 Å². The maximum Gasteiger partial charge on any atom is 0.331 e. The Labute approximate surface area is 93.0 Å². The third-order valence-corrected chi connectivity index (χ3v) is 2.47. The number of aliphatic carboxylic acids is 1. The number of hydrogen-bond donors (Lipinski definition) is 1. The van der Waals surface area contributed by atoms with Gasteiger partial charge >= 0.3 is 5.97 Å². The molecule has 6 heteroatoms. The molecule has 0 aliphatic carbocycles. The summed E-state index contributed by atoms with van der Waals surface area (Å²) >= 11 is 5.55. The molecular formula is C9H14ClN3O2. The molecule has 1 aromatic rings. The van der Waals surface area contributed by atoms with Crippen LogP contribution >= 0.6 is 11.6 Å². The van der Waals surface area contributed by atoms with Crippen LogP contribution in [-0.2, 0) is 16.8 Å². The Hall–Kier alpha value is -1.10. The summed E-state index contributed by atoms with van der Waals surface area (Å²) in [7, 11) is 0. The highest BCUT2D eigenvalue weighted by atomic mass is 35.5. The highest BCUT2D eigenvalue weighted by Crippen LogP contribution is 2.14. The molecule has 1 N–H and O–H groups in total. The van der Waals surface area contributed by atoms with E-state index in [0.29, 0.717) is 5.88 Å². The van der Waals surface area contributed by atoms with Crippen LogP contribution in [0.2, 0.25) is 0 Å². The summed E-state index contributed by atoms with van der Waals surface area (Å²) in [5.74, 6) is -0.369. The monoisotopic (exact) mass is 231 g/mol. The molecule has 5 nitrogen and oxygen atoms in total. The number of hydrogen-bond acceptors (Lipinski definition) is 3. The number of carboxylic acids is 1. The fourth-order valence-corrected chi connectivity index (χ4v) is 1.17. The number of carboxylic acid groups (broad SMARTS) is 1. The van der Waals surface area contributed by atoms with Crippen LogP contribution in [-0.4, -0.2) is 31.9 Å². The van der Waals surface area contributed by atoms with E-state index in [1.807, 2.05) is 0 Å². The van der Waals surface area contributed by atoms with Crippen molar-refractivity contribution >= 4 is 17.6 Å². The first kappa shape index (κ1) is 12.0. The Kier molecular flexibility index (Phi) is 3.68. The van der Waals surface area contributed by atoms with Gasteiger partial charge in [-0.15, -0.1) is 16.7 Å². The van der Waals surface area contributed by atoms with Gasteiger partial charge in [-0.3, -0.25) is 0 Å². The van der Waals surface area contributed by atoms with Gasteiger partial charge in [0.25, 0.3) is 0 Å². The molecule has 0 unspecified atom stereocenters. The van der Waals surface area contributed by atoms with Crippen LogP contribution in [0.1, 0.15) is 26.0 Å². The van der Waals surface area contributed by atoms with Crippen molar-refractivity contribution in [2.45, 2.75) is 32.2 Å². The van der Waals surface area contributed by atoms with Gasteiger partial charge in [0.1, 0.15) is 0 Å². The lowest BCUT2D eigenvalue weighted by atomic mass is 10.1. The minimum atomic E-state index is -1.06. The zero-order chi connectivity index (χ0) is 11.5. The van der Waals surface area contributed by atoms with Gasteiger partial charge in [0.2, 0.25) is 0 Å². The van der Waals surface area contributed by atoms with Crippen LogP contribution in [0, 0.1) is 0 Å². The van der Waals surface area contributed by atoms with Crippen molar-refractivity contribution in [3.05, 3.63) is 11.9 Å². The molecule has 1 heterocycles. The third kappa shape index (κ3) is 2.68. The highest BCUT2D eigenvalue weighted by Gasteiger charge is 2.30. The van der Waals surface area contributed by atoms with Crippen molar-refractivity contribution in [3.63, 3.8) is 0 Å². The summed E-state index contributed by atoms with van der Waals surface area (Å²) in [6, 6.07) is 0. The molecule has 0 bridgehead atoms. The molecule has 0 aromatic carbocycles. The van der Waals surface area contributed by atoms with Crippen LogP contribution in [0.25, 0.3) is 0 Å². The largest absolute Gasteiger partial charge is 0.479 e. The second-order valence-electron chi connectivity index (χ2n) is 3.81. The van der Waals surface area contributed by atoms with Crippen molar-refractivity contribution in [1.29, 1.82) is 0 Å². The number of halogens is 1. The van der Waals surface area contributed by atoms with Gasteiger partial charge in [0, 0.05) is 12.1 Å². The lowest BCUT2D eigenvalue weighted by molar-refractivity contribution is -0.146. The van der Waals surface area contributed by atoms with Crippen molar-refractivity contribution in [1.82, 2.24) is 15.0 Å². The average Bonchev–Trinajstić information content (AvgIpc) is 2.63. The first-order valence-electron chi connectivity index (χ1n) is 4.69. The van der Waals surface area contributed by atoms with E-state index in [9.17, 15) is 4.79 Å². The molecule has 0 aliphatic heterocycles. The summed E-state index contributed by atoms with van der Waals surface area (Å²) in [4.78, 5) is 10.9. The Balaban J connectivity index is 2.79. The van der Waals surface area contributed by atoms with Crippen molar-refractivity contribution < 1.29 is 9.90 Å². The van der Waals surface area contributed by atoms with Gasteiger partial charge in [0.05, 0.1) is 5.69 Å². The quantitative estimate of drug-likeness (QED) is 0.775. The highest BCUT2D eigenvalue weighted by molar-refractivity contribution is 6.17. The van der Waals surface area contributed by atoms with Gasteiger partial charge < -0.3 is 5.11 Å². The Morgan fingerprint density at radius 3 is 2.87 bits per heavy atom. The zero-order valence-electron chi connectivity index (χ0n) is 8.77. The van der Waals surface area contributed by atoms with E-state index in [1.54, 1.807) is 20.0 Å². The molecule has 0 spiro atoms.